The fourth-order valence-corrected chi connectivity index (χ4v) is 1.57. The predicted octanol–water partition coefficient (Wildman–Crippen LogP) is 3.94. The van der Waals surface area contributed by atoms with E-state index in [-0.39, 0.29) is 5.24 Å². The van der Waals surface area contributed by atoms with Gasteiger partial charge in [0.05, 0.1) is 5.41 Å². The van der Waals surface area contributed by atoms with Gasteiger partial charge in [-0.2, -0.15) is 0 Å². The first kappa shape index (κ1) is 12.7. The third-order valence-corrected chi connectivity index (χ3v) is 2.99. The van der Waals surface area contributed by atoms with E-state index in [0.717, 1.165) is 11.1 Å². The lowest BCUT2D eigenvalue weighted by atomic mass is 9.92. The number of hydrogen-bond acceptors (Lipinski definition) is 1. The van der Waals surface area contributed by atoms with E-state index < -0.39 is 5.41 Å². The minimum absolute atomic E-state index is 0.379. The molecular weight excluding hydrogens is 220 g/mol. The Morgan fingerprint density at radius 3 is 2.38 bits per heavy atom. The highest BCUT2D eigenvalue weighted by Gasteiger charge is 2.26. The summed E-state index contributed by atoms with van der Waals surface area (Å²) in [6.07, 6.45) is 13.1. The number of carbonyl (C=O) groups excluding carboxylic acids is 1. The van der Waals surface area contributed by atoms with Crippen molar-refractivity contribution < 1.29 is 4.79 Å². The highest BCUT2D eigenvalue weighted by molar-refractivity contribution is 6.65. The van der Waals surface area contributed by atoms with E-state index in [0.29, 0.717) is 0 Å². The lowest BCUT2D eigenvalue weighted by molar-refractivity contribution is -0.115. The molecule has 0 saturated carbocycles. The van der Waals surface area contributed by atoms with Gasteiger partial charge >= 0.3 is 0 Å². The van der Waals surface area contributed by atoms with Crippen molar-refractivity contribution in [2.45, 2.75) is 13.8 Å². The molecule has 0 bridgehead atoms. The van der Waals surface area contributed by atoms with Crippen LogP contribution in [0.5, 0.6) is 0 Å². The Morgan fingerprint density at radius 2 is 1.94 bits per heavy atom. The molecule has 2 heteroatoms. The van der Waals surface area contributed by atoms with Gasteiger partial charge in [0, 0.05) is 0 Å². The molecule has 1 unspecified atom stereocenters. The average molecular weight is 235 g/mol. The molecule has 1 aliphatic carbocycles. The monoisotopic (exact) mass is 234 g/mol. The molecule has 0 spiro atoms. The maximum Gasteiger partial charge on any atom is 0.235 e. The van der Waals surface area contributed by atoms with Crippen molar-refractivity contribution in [3.63, 3.8) is 0 Å². The lowest BCUT2D eigenvalue weighted by Crippen LogP contribution is -2.17. The first-order chi connectivity index (χ1) is 7.53. The minimum Gasteiger partial charge on any atom is -0.280 e. The number of carbonyl (C=O) groups is 1. The van der Waals surface area contributed by atoms with Crippen molar-refractivity contribution >= 4 is 16.8 Å². The SMILES string of the molecule is C=C/C=C1\C=CC(C)(C(=O)Cl)C=C\C1=C/C. The van der Waals surface area contributed by atoms with Crippen LogP contribution in [0.2, 0.25) is 0 Å². The third kappa shape index (κ3) is 2.61. The van der Waals surface area contributed by atoms with Gasteiger partial charge < -0.3 is 0 Å². The van der Waals surface area contributed by atoms with Gasteiger partial charge in [0.15, 0.2) is 0 Å². The second-order valence-corrected chi connectivity index (χ2v) is 4.17. The number of rotatable bonds is 2. The van der Waals surface area contributed by atoms with E-state index >= 15 is 0 Å². The first-order valence-electron chi connectivity index (χ1n) is 5.11. The van der Waals surface area contributed by atoms with Crippen LogP contribution in [0, 0.1) is 5.41 Å². The molecule has 0 radical (unpaired) electrons. The Morgan fingerprint density at radius 1 is 1.38 bits per heavy atom. The molecule has 84 valence electrons. The Kier molecular flexibility index (Phi) is 4.08. The van der Waals surface area contributed by atoms with Gasteiger partial charge in [0.2, 0.25) is 5.24 Å². The molecule has 1 nitrogen and oxygen atoms in total. The highest BCUT2D eigenvalue weighted by Crippen LogP contribution is 2.30. The molecule has 0 aromatic rings. The van der Waals surface area contributed by atoms with Gasteiger partial charge in [-0.15, -0.1) is 0 Å². The smallest absolute Gasteiger partial charge is 0.235 e. The van der Waals surface area contributed by atoms with Crippen LogP contribution in [0.1, 0.15) is 13.8 Å². The lowest BCUT2D eigenvalue weighted by Gasteiger charge is -2.14. The van der Waals surface area contributed by atoms with Crippen molar-refractivity contribution in [1.82, 2.24) is 0 Å². The van der Waals surface area contributed by atoms with E-state index in [9.17, 15) is 4.79 Å². The van der Waals surface area contributed by atoms with E-state index in [2.05, 4.69) is 6.58 Å². The van der Waals surface area contributed by atoms with Gasteiger partial charge in [0.25, 0.3) is 0 Å². The molecule has 0 aromatic carbocycles. The van der Waals surface area contributed by atoms with Crippen LogP contribution in [0.4, 0.5) is 0 Å². The molecule has 1 aliphatic rings. The zero-order valence-electron chi connectivity index (χ0n) is 9.53. The van der Waals surface area contributed by atoms with Crippen molar-refractivity contribution in [2.24, 2.45) is 5.41 Å². The van der Waals surface area contributed by atoms with E-state index in [1.165, 1.54) is 0 Å². The van der Waals surface area contributed by atoms with Crippen molar-refractivity contribution in [3.05, 3.63) is 60.3 Å². The zero-order valence-corrected chi connectivity index (χ0v) is 10.3. The van der Waals surface area contributed by atoms with Gasteiger partial charge in [-0.05, 0) is 36.6 Å². The van der Waals surface area contributed by atoms with Crippen LogP contribution >= 0.6 is 11.6 Å². The number of halogens is 1. The third-order valence-electron chi connectivity index (χ3n) is 2.58. The summed E-state index contributed by atoms with van der Waals surface area (Å²) in [5.41, 5.74) is 1.35. The summed E-state index contributed by atoms with van der Waals surface area (Å²) in [5, 5.41) is -0.379. The zero-order chi connectivity index (χ0) is 12.2. The minimum atomic E-state index is -0.730. The van der Waals surface area contributed by atoms with Crippen LogP contribution in [0.3, 0.4) is 0 Å². The summed E-state index contributed by atoms with van der Waals surface area (Å²) in [4.78, 5) is 11.3. The fourth-order valence-electron chi connectivity index (χ4n) is 1.45. The Labute approximate surface area is 101 Å². The maximum absolute atomic E-state index is 11.3. The second-order valence-electron chi connectivity index (χ2n) is 3.82. The normalized spacial score (nSPS) is 29.4. The molecule has 0 aliphatic heterocycles. The van der Waals surface area contributed by atoms with Crippen LogP contribution in [-0.4, -0.2) is 5.24 Å². The van der Waals surface area contributed by atoms with Crippen molar-refractivity contribution in [1.29, 1.82) is 0 Å². The molecule has 0 saturated heterocycles. The van der Waals surface area contributed by atoms with Crippen molar-refractivity contribution in [2.75, 3.05) is 0 Å². The summed E-state index contributed by atoms with van der Waals surface area (Å²) >= 11 is 5.59. The molecule has 0 aromatic heterocycles. The molecule has 1 atom stereocenters. The van der Waals surface area contributed by atoms with Crippen LogP contribution in [0.25, 0.3) is 0 Å². The van der Waals surface area contributed by atoms with Crippen LogP contribution in [0.15, 0.2) is 60.3 Å². The standard InChI is InChI=1S/C14H15ClO/c1-4-6-12-8-10-14(3,13(15)16)9-7-11(12)5-2/h4-10H,1H2,2-3H3/b11-5+,12-6+. The van der Waals surface area contributed by atoms with E-state index in [1.807, 2.05) is 43.4 Å². The molecule has 0 heterocycles. The largest absolute Gasteiger partial charge is 0.280 e. The Bertz CT molecular complexity index is 424. The van der Waals surface area contributed by atoms with Gasteiger partial charge in [-0.3, -0.25) is 4.79 Å². The molecule has 0 N–H and O–H groups in total. The van der Waals surface area contributed by atoms with Crippen molar-refractivity contribution in [3.8, 4) is 0 Å². The predicted molar refractivity (Wildman–Crippen MR) is 69.3 cm³/mol. The molecular formula is C14H15ClO. The molecule has 16 heavy (non-hydrogen) atoms. The summed E-state index contributed by atoms with van der Waals surface area (Å²) in [7, 11) is 0. The first-order valence-corrected chi connectivity index (χ1v) is 5.49. The number of hydrogen-bond donors (Lipinski definition) is 0. The Hall–Kier alpha value is -1.34. The quantitative estimate of drug-likeness (QED) is 0.662. The molecule has 1 rings (SSSR count). The molecule has 0 amide bonds. The van der Waals surface area contributed by atoms with E-state index in [1.54, 1.807) is 13.0 Å². The average Bonchev–Trinajstić information content (AvgIpc) is 2.41. The maximum atomic E-state index is 11.3. The summed E-state index contributed by atoms with van der Waals surface area (Å²) in [5.74, 6) is 0. The fraction of sp³-hybridized carbons (Fsp3) is 0.214. The van der Waals surface area contributed by atoms with Gasteiger partial charge in [-0.25, -0.2) is 0 Å². The van der Waals surface area contributed by atoms with Gasteiger partial charge in [-0.1, -0.05) is 49.1 Å². The Balaban J connectivity index is 3.26. The summed E-state index contributed by atoms with van der Waals surface area (Å²) in [6, 6.07) is 0. The highest BCUT2D eigenvalue weighted by atomic mass is 35.5. The number of allylic oxidation sites excluding steroid dienone is 9. The van der Waals surface area contributed by atoms with Crippen LogP contribution < -0.4 is 0 Å². The topological polar surface area (TPSA) is 17.1 Å². The summed E-state index contributed by atoms with van der Waals surface area (Å²) < 4.78 is 0. The van der Waals surface area contributed by atoms with E-state index in [4.69, 9.17) is 11.6 Å². The summed E-state index contributed by atoms with van der Waals surface area (Å²) in [6.45, 7) is 7.42. The molecule has 0 fully saturated rings. The van der Waals surface area contributed by atoms with Crippen LogP contribution in [-0.2, 0) is 4.79 Å². The van der Waals surface area contributed by atoms with Gasteiger partial charge in [0.1, 0.15) is 0 Å². The second kappa shape index (κ2) is 5.13.